The summed E-state index contributed by atoms with van der Waals surface area (Å²) in [5, 5.41) is 19.4. The minimum Gasteiger partial charge on any atom is -0.395 e. The van der Waals surface area contributed by atoms with E-state index in [-0.39, 0.29) is 24.5 Å². The lowest BCUT2D eigenvalue weighted by molar-refractivity contribution is 0.273. The van der Waals surface area contributed by atoms with Gasteiger partial charge in [0, 0.05) is 0 Å². The van der Waals surface area contributed by atoms with Gasteiger partial charge in [-0.3, -0.25) is 9.36 Å². The van der Waals surface area contributed by atoms with E-state index in [1.54, 1.807) is 11.4 Å². The van der Waals surface area contributed by atoms with Crippen LogP contribution in [0.15, 0.2) is 16.2 Å². The molecule has 5 nitrogen and oxygen atoms in total. The molecule has 0 saturated heterocycles. The maximum Gasteiger partial charge on any atom is 0.272 e. The van der Waals surface area contributed by atoms with Gasteiger partial charge in [0.15, 0.2) is 0 Å². The highest BCUT2D eigenvalue weighted by Gasteiger charge is 2.10. The maximum absolute atomic E-state index is 11.8. The van der Waals surface area contributed by atoms with Crippen molar-refractivity contribution >= 4 is 21.6 Å². The fourth-order valence-electron chi connectivity index (χ4n) is 1.34. The van der Waals surface area contributed by atoms with E-state index in [2.05, 4.69) is 4.98 Å². The predicted molar refractivity (Wildman–Crippen MR) is 55.7 cm³/mol. The molecule has 2 aromatic heterocycles. The van der Waals surface area contributed by atoms with Crippen LogP contribution in [0.4, 0.5) is 0 Å². The molecule has 2 heterocycles. The Balaban J connectivity index is 2.81. The Labute approximate surface area is 88.8 Å². The van der Waals surface area contributed by atoms with E-state index >= 15 is 0 Å². The van der Waals surface area contributed by atoms with Crippen LogP contribution in [0.25, 0.3) is 10.2 Å². The first-order valence-electron chi connectivity index (χ1n) is 4.27. The second-order valence-corrected chi connectivity index (χ2v) is 3.78. The van der Waals surface area contributed by atoms with E-state index in [9.17, 15) is 4.79 Å². The fourth-order valence-corrected chi connectivity index (χ4v) is 2.12. The standard InChI is InChI=1S/C9H7N3O2S/c10-5-7-11-6-1-4-15-8(6)9(14)12(7)2-3-13/h1,4,13H,2-3H2. The molecule has 0 aliphatic heterocycles. The van der Waals surface area contributed by atoms with E-state index in [1.165, 1.54) is 15.9 Å². The van der Waals surface area contributed by atoms with Crippen LogP contribution in [0.5, 0.6) is 0 Å². The maximum atomic E-state index is 11.8. The van der Waals surface area contributed by atoms with Gasteiger partial charge in [-0.25, -0.2) is 4.98 Å². The molecule has 6 heteroatoms. The number of aliphatic hydroxyl groups is 1. The van der Waals surface area contributed by atoms with E-state index in [0.29, 0.717) is 10.2 Å². The first kappa shape index (κ1) is 9.83. The monoisotopic (exact) mass is 221 g/mol. The summed E-state index contributed by atoms with van der Waals surface area (Å²) >= 11 is 1.29. The number of fused-ring (bicyclic) bond motifs is 1. The molecule has 0 bridgehead atoms. The summed E-state index contributed by atoms with van der Waals surface area (Å²) in [5.41, 5.74) is 0.274. The predicted octanol–water partition coefficient (Wildman–Crippen LogP) is 0.322. The number of nitrogens with zero attached hydrogens (tertiary/aromatic N) is 3. The first-order chi connectivity index (χ1) is 7.27. The number of nitriles is 1. The molecular formula is C9H7N3O2S. The van der Waals surface area contributed by atoms with Crippen LogP contribution in [-0.2, 0) is 6.54 Å². The summed E-state index contributed by atoms with van der Waals surface area (Å²) in [6.45, 7) is -0.0876. The average Bonchev–Trinajstić information content (AvgIpc) is 2.70. The number of aliphatic hydroxyl groups excluding tert-OH is 1. The topological polar surface area (TPSA) is 78.9 Å². The van der Waals surface area contributed by atoms with Crippen molar-refractivity contribution in [2.45, 2.75) is 6.54 Å². The molecule has 2 aromatic rings. The molecular weight excluding hydrogens is 214 g/mol. The molecule has 0 aliphatic carbocycles. The summed E-state index contributed by atoms with van der Waals surface area (Å²) in [7, 11) is 0. The molecule has 15 heavy (non-hydrogen) atoms. The van der Waals surface area contributed by atoms with Crippen molar-refractivity contribution < 1.29 is 5.11 Å². The zero-order chi connectivity index (χ0) is 10.8. The Morgan fingerprint density at radius 2 is 2.47 bits per heavy atom. The van der Waals surface area contributed by atoms with Gasteiger partial charge in [-0.05, 0) is 11.4 Å². The van der Waals surface area contributed by atoms with E-state index in [1.807, 2.05) is 6.07 Å². The van der Waals surface area contributed by atoms with Crippen molar-refractivity contribution in [3.8, 4) is 6.07 Å². The van der Waals surface area contributed by atoms with Crippen molar-refractivity contribution in [2.75, 3.05) is 6.61 Å². The van der Waals surface area contributed by atoms with Crippen LogP contribution in [0.3, 0.4) is 0 Å². The second-order valence-electron chi connectivity index (χ2n) is 2.86. The number of rotatable bonds is 2. The largest absolute Gasteiger partial charge is 0.395 e. The minimum absolute atomic E-state index is 0.0416. The molecule has 76 valence electrons. The van der Waals surface area contributed by atoms with Gasteiger partial charge in [0.1, 0.15) is 10.8 Å². The van der Waals surface area contributed by atoms with Crippen molar-refractivity contribution in [3.05, 3.63) is 27.6 Å². The zero-order valence-electron chi connectivity index (χ0n) is 7.67. The van der Waals surface area contributed by atoms with Gasteiger partial charge in [-0.15, -0.1) is 11.3 Å². The van der Waals surface area contributed by atoms with Crippen LogP contribution < -0.4 is 5.56 Å². The summed E-state index contributed by atoms with van der Waals surface area (Å²) in [6, 6.07) is 3.55. The van der Waals surface area contributed by atoms with Gasteiger partial charge in [0.25, 0.3) is 5.56 Å². The van der Waals surface area contributed by atoms with Gasteiger partial charge < -0.3 is 5.11 Å². The molecule has 0 amide bonds. The van der Waals surface area contributed by atoms with Gasteiger partial charge >= 0.3 is 0 Å². The van der Waals surface area contributed by atoms with Crippen molar-refractivity contribution in [1.29, 1.82) is 5.26 Å². The number of hydrogen-bond acceptors (Lipinski definition) is 5. The Bertz CT molecular complexity index is 593. The SMILES string of the molecule is N#Cc1nc2ccsc2c(=O)n1CCO. The lowest BCUT2D eigenvalue weighted by Crippen LogP contribution is -2.24. The van der Waals surface area contributed by atoms with Gasteiger partial charge in [-0.2, -0.15) is 5.26 Å². The minimum atomic E-state index is -0.263. The Kier molecular flexibility index (Phi) is 2.49. The molecule has 0 saturated carbocycles. The summed E-state index contributed by atoms with van der Waals surface area (Å²) in [6.07, 6.45) is 0. The Morgan fingerprint density at radius 1 is 1.67 bits per heavy atom. The normalized spacial score (nSPS) is 10.4. The van der Waals surface area contributed by atoms with E-state index < -0.39 is 0 Å². The number of hydrogen-bond donors (Lipinski definition) is 1. The smallest absolute Gasteiger partial charge is 0.272 e. The zero-order valence-corrected chi connectivity index (χ0v) is 8.49. The van der Waals surface area contributed by atoms with Crippen molar-refractivity contribution in [2.24, 2.45) is 0 Å². The molecule has 1 N–H and O–H groups in total. The molecule has 0 aliphatic rings. The molecule has 0 fully saturated rings. The van der Waals surface area contributed by atoms with Crippen LogP contribution in [0.1, 0.15) is 5.82 Å². The third-order valence-corrected chi connectivity index (χ3v) is 2.88. The summed E-state index contributed by atoms with van der Waals surface area (Å²) in [4.78, 5) is 15.9. The average molecular weight is 221 g/mol. The second kappa shape index (κ2) is 3.81. The third-order valence-electron chi connectivity index (χ3n) is 1.99. The van der Waals surface area contributed by atoms with Crippen LogP contribution >= 0.6 is 11.3 Å². The summed E-state index contributed by atoms with van der Waals surface area (Å²) < 4.78 is 1.71. The highest BCUT2D eigenvalue weighted by Crippen LogP contribution is 2.14. The highest BCUT2D eigenvalue weighted by atomic mass is 32.1. The Morgan fingerprint density at radius 3 is 3.13 bits per heavy atom. The number of aromatic nitrogens is 2. The molecule has 0 unspecified atom stereocenters. The number of thiophene rings is 1. The van der Waals surface area contributed by atoms with E-state index in [0.717, 1.165) is 0 Å². The Hall–Kier alpha value is -1.71. The molecule has 2 rings (SSSR count). The fraction of sp³-hybridized carbons (Fsp3) is 0.222. The molecule has 0 atom stereocenters. The van der Waals surface area contributed by atoms with Crippen LogP contribution in [0.2, 0.25) is 0 Å². The van der Waals surface area contributed by atoms with Gasteiger partial charge in [0.05, 0.1) is 18.7 Å². The van der Waals surface area contributed by atoms with Gasteiger partial charge in [0.2, 0.25) is 5.82 Å². The van der Waals surface area contributed by atoms with E-state index in [4.69, 9.17) is 10.4 Å². The van der Waals surface area contributed by atoms with Gasteiger partial charge in [-0.1, -0.05) is 0 Å². The molecule has 0 aromatic carbocycles. The summed E-state index contributed by atoms with van der Waals surface area (Å²) in [5.74, 6) is 0.0416. The lowest BCUT2D eigenvalue weighted by atomic mass is 10.4. The highest BCUT2D eigenvalue weighted by molar-refractivity contribution is 7.17. The van der Waals surface area contributed by atoms with Crippen molar-refractivity contribution in [3.63, 3.8) is 0 Å². The first-order valence-corrected chi connectivity index (χ1v) is 5.15. The lowest BCUT2D eigenvalue weighted by Gasteiger charge is -2.04. The van der Waals surface area contributed by atoms with Crippen LogP contribution in [0, 0.1) is 11.3 Å². The molecule has 0 spiro atoms. The van der Waals surface area contributed by atoms with Crippen LogP contribution in [-0.4, -0.2) is 21.3 Å². The molecule has 0 radical (unpaired) electrons. The van der Waals surface area contributed by atoms with Crippen molar-refractivity contribution in [1.82, 2.24) is 9.55 Å². The quantitative estimate of drug-likeness (QED) is 0.792. The third kappa shape index (κ3) is 1.52.